The molecule has 0 N–H and O–H groups in total. The number of benzene rings is 1. The first kappa shape index (κ1) is 11.9. The first-order chi connectivity index (χ1) is 8.79. The average Bonchev–Trinajstić information content (AvgIpc) is 2.39. The standard InChI is InChI=1S/C12H9FN4O/c13-10-1-2-12(11(7-10)16-17-14)18-8-9-3-5-15-6-4-9/h1-7H,8H2. The largest absolute Gasteiger partial charge is 0.488 e. The lowest BCUT2D eigenvalue weighted by atomic mass is 10.2. The van der Waals surface area contributed by atoms with Crippen LogP contribution < -0.4 is 4.74 Å². The van der Waals surface area contributed by atoms with Gasteiger partial charge < -0.3 is 4.74 Å². The van der Waals surface area contributed by atoms with Gasteiger partial charge in [-0.1, -0.05) is 5.11 Å². The number of hydrogen-bond acceptors (Lipinski definition) is 3. The molecule has 1 heterocycles. The summed E-state index contributed by atoms with van der Waals surface area (Å²) in [7, 11) is 0. The summed E-state index contributed by atoms with van der Waals surface area (Å²) in [6.07, 6.45) is 3.30. The van der Waals surface area contributed by atoms with Gasteiger partial charge >= 0.3 is 0 Å². The molecule has 0 bridgehead atoms. The van der Waals surface area contributed by atoms with Gasteiger partial charge in [0.05, 0.1) is 5.69 Å². The summed E-state index contributed by atoms with van der Waals surface area (Å²) in [6.45, 7) is 0.294. The molecule has 2 rings (SSSR count). The molecule has 0 saturated carbocycles. The molecule has 0 saturated heterocycles. The Hall–Kier alpha value is -2.59. The van der Waals surface area contributed by atoms with Crippen molar-refractivity contribution in [1.29, 1.82) is 0 Å². The molecule has 0 aliphatic carbocycles. The molecule has 0 atom stereocenters. The van der Waals surface area contributed by atoms with Crippen molar-refractivity contribution < 1.29 is 9.13 Å². The van der Waals surface area contributed by atoms with Crippen molar-refractivity contribution >= 4 is 5.69 Å². The molecule has 2 aromatic rings. The van der Waals surface area contributed by atoms with Crippen LogP contribution >= 0.6 is 0 Å². The second-order valence-corrected chi connectivity index (χ2v) is 3.45. The lowest BCUT2D eigenvalue weighted by Gasteiger charge is -2.08. The van der Waals surface area contributed by atoms with Crippen molar-refractivity contribution in [2.24, 2.45) is 5.11 Å². The second kappa shape index (κ2) is 5.65. The van der Waals surface area contributed by atoms with Gasteiger partial charge in [0.15, 0.2) is 0 Å². The van der Waals surface area contributed by atoms with Crippen molar-refractivity contribution in [3.63, 3.8) is 0 Å². The third-order valence-corrected chi connectivity index (χ3v) is 2.22. The molecule has 0 unspecified atom stereocenters. The van der Waals surface area contributed by atoms with Crippen molar-refractivity contribution in [1.82, 2.24) is 4.98 Å². The molecule has 1 aromatic heterocycles. The lowest BCUT2D eigenvalue weighted by molar-refractivity contribution is 0.307. The molecule has 1 aromatic carbocycles. The van der Waals surface area contributed by atoms with Gasteiger partial charge in [-0.3, -0.25) is 4.98 Å². The van der Waals surface area contributed by atoms with Crippen molar-refractivity contribution in [3.8, 4) is 5.75 Å². The van der Waals surface area contributed by atoms with Gasteiger partial charge in [0.1, 0.15) is 18.2 Å². The minimum Gasteiger partial charge on any atom is -0.488 e. The average molecular weight is 244 g/mol. The molecule has 0 fully saturated rings. The highest BCUT2D eigenvalue weighted by Crippen LogP contribution is 2.29. The van der Waals surface area contributed by atoms with Crippen LogP contribution in [0.5, 0.6) is 5.75 Å². The number of rotatable bonds is 4. The van der Waals surface area contributed by atoms with Gasteiger partial charge in [-0.05, 0) is 41.4 Å². The summed E-state index contributed by atoms with van der Waals surface area (Å²) < 4.78 is 18.5. The van der Waals surface area contributed by atoms with E-state index in [0.717, 1.165) is 11.6 Å². The number of ether oxygens (including phenoxy) is 1. The molecule has 0 amide bonds. The summed E-state index contributed by atoms with van der Waals surface area (Å²) >= 11 is 0. The van der Waals surface area contributed by atoms with Crippen LogP contribution in [0.3, 0.4) is 0 Å². The Bertz CT molecular complexity index is 582. The molecule has 6 heteroatoms. The zero-order chi connectivity index (χ0) is 12.8. The zero-order valence-corrected chi connectivity index (χ0v) is 9.32. The van der Waals surface area contributed by atoms with Gasteiger partial charge in [-0.2, -0.15) is 0 Å². The summed E-state index contributed by atoms with van der Waals surface area (Å²) in [5.74, 6) is -0.139. The predicted molar refractivity (Wildman–Crippen MR) is 63.8 cm³/mol. The molecule has 0 aliphatic heterocycles. The first-order valence-electron chi connectivity index (χ1n) is 5.16. The molecular weight excluding hydrogens is 235 g/mol. The Morgan fingerprint density at radius 3 is 2.78 bits per heavy atom. The Kier molecular flexibility index (Phi) is 3.73. The number of nitrogens with zero attached hydrogens (tertiary/aromatic N) is 4. The summed E-state index contributed by atoms with van der Waals surface area (Å²) in [4.78, 5) is 6.52. The highest BCUT2D eigenvalue weighted by Gasteiger charge is 2.04. The summed E-state index contributed by atoms with van der Waals surface area (Å²) in [6, 6.07) is 7.41. The number of pyridine rings is 1. The minimum atomic E-state index is -0.478. The van der Waals surface area contributed by atoms with E-state index in [4.69, 9.17) is 10.3 Å². The van der Waals surface area contributed by atoms with E-state index in [1.165, 1.54) is 12.1 Å². The number of azide groups is 1. The monoisotopic (exact) mass is 244 g/mol. The van der Waals surface area contributed by atoms with E-state index in [1.807, 2.05) is 0 Å². The zero-order valence-electron chi connectivity index (χ0n) is 9.32. The highest BCUT2D eigenvalue weighted by atomic mass is 19.1. The molecular formula is C12H9FN4O. The van der Waals surface area contributed by atoms with Crippen LogP contribution in [-0.4, -0.2) is 4.98 Å². The van der Waals surface area contributed by atoms with Crippen molar-refractivity contribution in [2.75, 3.05) is 0 Å². The Balaban J connectivity index is 2.16. The van der Waals surface area contributed by atoms with Gasteiger partial charge in [0, 0.05) is 17.3 Å². The fourth-order valence-corrected chi connectivity index (χ4v) is 1.38. The van der Waals surface area contributed by atoms with E-state index in [2.05, 4.69) is 15.0 Å². The second-order valence-electron chi connectivity index (χ2n) is 3.45. The first-order valence-corrected chi connectivity index (χ1v) is 5.16. The SMILES string of the molecule is [N-]=[N+]=Nc1cc(F)ccc1OCc1ccncc1. The van der Waals surface area contributed by atoms with Crippen LogP contribution in [0, 0.1) is 5.82 Å². The Morgan fingerprint density at radius 2 is 2.06 bits per heavy atom. The number of halogens is 1. The van der Waals surface area contributed by atoms with Crippen LogP contribution in [0.2, 0.25) is 0 Å². The lowest BCUT2D eigenvalue weighted by Crippen LogP contribution is -1.95. The van der Waals surface area contributed by atoms with E-state index in [1.54, 1.807) is 24.5 Å². The van der Waals surface area contributed by atoms with Crippen LogP contribution in [0.15, 0.2) is 47.8 Å². The molecule has 0 spiro atoms. The van der Waals surface area contributed by atoms with E-state index in [-0.39, 0.29) is 5.69 Å². The molecule has 0 radical (unpaired) electrons. The quantitative estimate of drug-likeness (QED) is 0.467. The van der Waals surface area contributed by atoms with Gasteiger partial charge in [-0.25, -0.2) is 4.39 Å². The Labute approximate surface area is 102 Å². The Morgan fingerprint density at radius 1 is 1.28 bits per heavy atom. The van der Waals surface area contributed by atoms with E-state index in [0.29, 0.717) is 12.4 Å². The number of aromatic nitrogens is 1. The van der Waals surface area contributed by atoms with Crippen LogP contribution in [0.25, 0.3) is 10.4 Å². The molecule has 18 heavy (non-hydrogen) atoms. The van der Waals surface area contributed by atoms with E-state index < -0.39 is 5.82 Å². The maximum absolute atomic E-state index is 13.0. The maximum Gasteiger partial charge on any atom is 0.129 e. The van der Waals surface area contributed by atoms with Crippen LogP contribution in [0.1, 0.15) is 5.56 Å². The molecule has 0 aliphatic rings. The fraction of sp³-hybridized carbons (Fsp3) is 0.0833. The summed E-state index contributed by atoms with van der Waals surface area (Å²) in [5.41, 5.74) is 9.44. The fourth-order valence-electron chi connectivity index (χ4n) is 1.38. The molecule has 90 valence electrons. The third-order valence-electron chi connectivity index (χ3n) is 2.22. The van der Waals surface area contributed by atoms with Crippen LogP contribution in [-0.2, 0) is 6.61 Å². The predicted octanol–water partition coefficient (Wildman–Crippen LogP) is 3.74. The normalized spacial score (nSPS) is 9.61. The minimum absolute atomic E-state index is 0.131. The topological polar surface area (TPSA) is 70.9 Å². The number of hydrogen-bond donors (Lipinski definition) is 0. The van der Waals surface area contributed by atoms with Gasteiger partial charge in [0.2, 0.25) is 0 Å². The van der Waals surface area contributed by atoms with E-state index in [9.17, 15) is 4.39 Å². The summed E-state index contributed by atoms with van der Waals surface area (Å²) in [5, 5.41) is 3.38. The molecule has 5 nitrogen and oxygen atoms in total. The van der Waals surface area contributed by atoms with Crippen molar-refractivity contribution in [3.05, 3.63) is 64.5 Å². The van der Waals surface area contributed by atoms with Crippen molar-refractivity contribution in [2.45, 2.75) is 6.61 Å². The highest BCUT2D eigenvalue weighted by molar-refractivity contribution is 5.51. The third kappa shape index (κ3) is 2.96. The van der Waals surface area contributed by atoms with Gasteiger partial charge in [-0.15, -0.1) is 0 Å². The van der Waals surface area contributed by atoms with E-state index >= 15 is 0 Å². The van der Waals surface area contributed by atoms with Gasteiger partial charge in [0.25, 0.3) is 0 Å². The maximum atomic E-state index is 13.0. The smallest absolute Gasteiger partial charge is 0.129 e. The van der Waals surface area contributed by atoms with Crippen LogP contribution in [0.4, 0.5) is 10.1 Å².